The van der Waals surface area contributed by atoms with Gasteiger partial charge in [0.25, 0.3) is 0 Å². The van der Waals surface area contributed by atoms with E-state index in [4.69, 9.17) is 4.98 Å². The fraction of sp³-hybridized carbons (Fsp3) is 0.500. The predicted molar refractivity (Wildman–Crippen MR) is 104 cm³/mol. The van der Waals surface area contributed by atoms with E-state index in [2.05, 4.69) is 57.4 Å². The number of aromatic nitrogens is 2. The van der Waals surface area contributed by atoms with E-state index in [-0.39, 0.29) is 0 Å². The van der Waals surface area contributed by atoms with Gasteiger partial charge in [0.05, 0.1) is 0 Å². The van der Waals surface area contributed by atoms with Crippen LogP contribution in [0.15, 0.2) is 36.4 Å². The van der Waals surface area contributed by atoms with Crippen LogP contribution in [0.3, 0.4) is 0 Å². The van der Waals surface area contributed by atoms with Crippen molar-refractivity contribution in [3.05, 3.63) is 47.7 Å². The summed E-state index contributed by atoms with van der Waals surface area (Å²) in [5.41, 5.74) is 2.40. The quantitative estimate of drug-likeness (QED) is 0.784. The molecule has 0 aliphatic carbocycles. The Balaban J connectivity index is 1.57. The average Bonchev–Trinajstić information content (AvgIpc) is 2.63. The summed E-state index contributed by atoms with van der Waals surface area (Å²) in [5, 5.41) is 3.42. The molecule has 0 amide bonds. The zero-order valence-corrected chi connectivity index (χ0v) is 15.4. The van der Waals surface area contributed by atoms with Crippen molar-refractivity contribution >= 4 is 11.8 Å². The highest BCUT2D eigenvalue weighted by atomic mass is 15.3. The van der Waals surface area contributed by atoms with Gasteiger partial charge in [0.2, 0.25) is 5.95 Å². The number of rotatable bonds is 7. The van der Waals surface area contributed by atoms with Crippen molar-refractivity contribution in [1.29, 1.82) is 0 Å². The molecule has 0 spiro atoms. The van der Waals surface area contributed by atoms with Crippen LogP contribution in [0.25, 0.3) is 0 Å². The van der Waals surface area contributed by atoms with Crippen molar-refractivity contribution in [1.82, 2.24) is 14.9 Å². The first-order valence-corrected chi connectivity index (χ1v) is 9.35. The van der Waals surface area contributed by atoms with E-state index in [9.17, 15) is 0 Å². The molecule has 0 bridgehead atoms. The SMILES string of the molecule is CCCCNc1cc(C)nc(N2CCN(Cc3ccccc3)CC2)n1. The molecule has 25 heavy (non-hydrogen) atoms. The number of unbranched alkanes of at least 4 members (excludes halogenated alkanes) is 1. The molecule has 1 fully saturated rings. The third kappa shape index (κ3) is 5.16. The fourth-order valence-electron chi connectivity index (χ4n) is 3.13. The van der Waals surface area contributed by atoms with E-state index >= 15 is 0 Å². The van der Waals surface area contributed by atoms with Gasteiger partial charge >= 0.3 is 0 Å². The van der Waals surface area contributed by atoms with Crippen LogP contribution in [0.2, 0.25) is 0 Å². The topological polar surface area (TPSA) is 44.3 Å². The number of hydrogen-bond donors (Lipinski definition) is 1. The molecule has 1 aliphatic heterocycles. The lowest BCUT2D eigenvalue weighted by atomic mass is 10.2. The monoisotopic (exact) mass is 339 g/mol. The minimum Gasteiger partial charge on any atom is -0.370 e. The zero-order chi connectivity index (χ0) is 17.5. The Morgan fingerprint density at radius 3 is 2.52 bits per heavy atom. The second-order valence-corrected chi connectivity index (χ2v) is 6.72. The van der Waals surface area contributed by atoms with Gasteiger partial charge in [-0.05, 0) is 18.9 Å². The molecule has 5 nitrogen and oxygen atoms in total. The van der Waals surface area contributed by atoms with Gasteiger partial charge in [-0.2, -0.15) is 4.98 Å². The van der Waals surface area contributed by atoms with Crippen LogP contribution in [0.5, 0.6) is 0 Å². The molecule has 1 aliphatic rings. The van der Waals surface area contributed by atoms with Crippen molar-refractivity contribution in [2.24, 2.45) is 0 Å². The molecule has 2 aromatic rings. The minimum atomic E-state index is 0.860. The second kappa shape index (κ2) is 8.81. The summed E-state index contributed by atoms with van der Waals surface area (Å²) in [6.07, 6.45) is 2.35. The molecule has 5 heteroatoms. The standard InChI is InChI=1S/C20H29N5/c1-3-4-10-21-19-15-17(2)22-20(23-19)25-13-11-24(12-14-25)16-18-8-6-5-7-9-18/h5-9,15H,3-4,10-14,16H2,1-2H3,(H,21,22,23). The van der Waals surface area contributed by atoms with Gasteiger partial charge in [-0.1, -0.05) is 43.7 Å². The van der Waals surface area contributed by atoms with Gasteiger partial charge < -0.3 is 10.2 Å². The van der Waals surface area contributed by atoms with Gasteiger partial charge in [-0.3, -0.25) is 4.90 Å². The largest absolute Gasteiger partial charge is 0.370 e. The first-order chi connectivity index (χ1) is 12.2. The molecule has 2 heterocycles. The first-order valence-electron chi connectivity index (χ1n) is 9.35. The Morgan fingerprint density at radius 2 is 1.80 bits per heavy atom. The Morgan fingerprint density at radius 1 is 1.04 bits per heavy atom. The highest BCUT2D eigenvalue weighted by molar-refractivity contribution is 5.44. The van der Waals surface area contributed by atoms with Crippen LogP contribution >= 0.6 is 0 Å². The molecule has 0 atom stereocenters. The molecule has 1 saturated heterocycles. The third-order valence-corrected chi connectivity index (χ3v) is 4.58. The molecule has 0 unspecified atom stereocenters. The average molecular weight is 339 g/mol. The number of nitrogens with zero attached hydrogens (tertiary/aromatic N) is 4. The minimum absolute atomic E-state index is 0.860. The van der Waals surface area contributed by atoms with Gasteiger partial charge in [-0.15, -0.1) is 0 Å². The summed E-state index contributed by atoms with van der Waals surface area (Å²) >= 11 is 0. The molecule has 1 aromatic heterocycles. The highest BCUT2D eigenvalue weighted by Crippen LogP contribution is 2.17. The molecule has 0 saturated carbocycles. The number of piperazine rings is 1. The van der Waals surface area contributed by atoms with Crippen LogP contribution in [-0.2, 0) is 6.54 Å². The molecular formula is C20H29N5. The van der Waals surface area contributed by atoms with Crippen molar-refractivity contribution < 1.29 is 0 Å². The second-order valence-electron chi connectivity index (χ2n) is 6.72. The predicted octanol–water partition coefficient (Wildman–Crippen LogP) is 3.32. The van der Waals surface area contributed by atoms with E-state index in [1.54, 1.807) is 0 Å². The lowest BCUT2D eigenvalue weighted by Gasteiger charge is -2.35. The van der Waals surface area contributed by atoms with E-state index in [0.29, 0.717) is 0 Å². The van der Waals surface area contributed by atoms with Crippen molar-refractivity contribution in [2.45, 2.75) is 33.2 Å². The van der Waals surface area contributed by atoms with Crippen LogP contribution in [0.1, 0.15) is 31.0 Å². The number of nitrogens with one attached hydrogen (secondary N) is 1. The summed E-state index contributed by atoms with van der Waals surface area (Å²) in [7, 11) is 0. The van der Waals surface area contributed by atoms with Gasteiger partial charge in [0.15, 0.2) is 0 Å². The lowest BCUT2D eigenvalue weighted by Crippen LogP contribution is -2.46. The first kappa shape index (κ1) is 17.7. The van der Waals surface area contributed by atoms with Crippen LogP contribution in [0, 0.1) is 6.92 Å². The van der Waals surface area contributed by atoms with Crippen LogP contribution in [0.4, 0.5) is 11.8 Å². The summed E-state index contributed by atoms with van der Waals surface area (Å²) in [6.45, 7) is 10.3. The van der Waals surface area contributed by atoms with E-state index in [1.165, 1.54) is 12.0 Å². The lowest BCUT2D eigenvalue weighted by molar-refractivity contribution is 0.248. The maximum absolute atomic E-state index is 4.72. The molecule has 1 N–H and O–H groups in total. The summed E-state index contributed by atoms with van der Waals surface area (Å²) in [5.74, 6) is 1.81. The van der Waals surface area contributed by atoms with E-state index in [1.807, 2.05) is 13.0 Å². The number of hydrogen-bond acceptors (Lipinski definition) is 5. The number of benzene rings is 1. The molecule has 3 rings (SSSR count). The Hall–Kier alpha value is -2.14. The summed E-state index contributed by atoms with van der Waals surface area (Å²) in [6, 6.07) is 12.7. The molecule has 1 aromatic carbocycles. The Kier molecular flexibility index (Phi) is 6.23. The normalized spacial score (nSPS) is 15.4. The van der Waals surface area contributed by atoms with Crippen LogP contribution in [-0.4, -0.2) is 47.6 Å². The van der Waals surface area contributed by atoms with Gasteiger partial charge in [0.1, 0.15) is 5.82 Å². The smallest absolute Gasteiger partial charge is 0.227 e. The van der Waals surface area contributed by atoms with E-state index in [0.717, 1.165) is 63.1 Å². The third-order valence-electron chi connectivity index (χ3n) is 4.58. The summed E-state index contributed by atoms with van der Waals surface area (Å²) < 4.78 is 0. The van der Waals surface area contributed by atoms with Gasteiger partial charge in [-0.25, -0.2) is 4.98 Å². The number of aryl methyl sites for hydroxylation is 1. The van der Waals surface area contributed by atoms with Crippen LogP contribution < -0.4 is 10.2 Å². The highest BCUT2D eigenvalue weighted by Gasteiger charge is 2.19. The van der Waals surface area contributed by atoms with Crippen molar-refractivity contribution in [3.8, 4) is 0 Å². The van der Waals surface area contributed by atoms with Gasteiger partial charge in [0, 0.05) is 51.0 Å². The molecule has 134 valence electrons. The fourth-order valence-corrected chi connectivity index (χ4v) is 3.13. The Labute approximate surface area is 151 Å². The summed E-state index contributed by atoms with van der Waals surface area (Å²) in [4.78, 5) is 14.2. The van der Waals surface area contributed by atoms with E-state index < -0.39 is 0 Å². The number of anilines is 2. The molecule has 0 radical (unpaired) electrons. The maximum Gasteiger partial charge on any atom is 0.227 e. The maximum atomic E-state index is 4.72. The molecular weight excluding hydrogens is 310 g/mol. The van der Waals surface area contributed by atoms with Crippen molar-refractivity contribution in [3.63, 3.8) is 0 Å². The Bertz CT molecular complexity index is 650. The zero-order valence-electron chi connectivity index (χ0n) is 15.4. The van der Waals surface area contributed by atoms with Crippen molar-refractivity contribution in [2.75, 3.05) is 42.9 Å².